The smallest absolute Gasteiger partial charge is 0.0511 e. The molecule has 0 aliphatic carbocycles. The molecule has 0 amide bonds. The van der Waals surface area contributed by atoms with Gasteiger partial charge >= 0.3 is 0 Å². The van der Waals surface area contributed by atoms with E-state index in [1.807, 2.05) is 0 Å². The van der Waals surface area contributed by atoms with Crippen LogP contribution in [0, 0.1) is 5.92 Å². The van der Waals surface area contributed by atoms with Gasteiger partial charge in [0.15, 0.2) is 0 Å². The summed E-state index contributed by atoms with van der Waals surface area (Å²) in [4.78, 5) is 0. The van der Waals surface area contributed by atoms with Gasteiger partial charge in [0, 0.05) is 0 Å². The summed E-state index contributed by atoms with van der Waals surface area (Å²) in [5.74, 6) is 0.410. The van der Waals surface area contributed by atoms with Crippen molar-refractivity contribution >= 4 is 0 Å². The quantitative estimate of drug-likeness (QED) is 0.632. The Kier molecular flexibility index (Phi) is 11.5. The van der Waals surface area contributed by atoms with Crippen molar-refractivity contribution in [3.63, 3.8) is 0 Å². The van der Waals surface area contributed by atoms with Crippen LogP contribution in [0.2, 0.25) is 0 Å². The van der Waals surface area contributed by atoms with Gasteiger partial charge in [0.1, 0.15) is 0 Å². The molecule has 2 heteroatoms. The van der Waals surface area contributed by atoms with Crippen LogP contribution < -0.4 is 11.3 Å². The molecule has 0 aromatic carbocycles. The SMILES string of the molecule is CCCC(CCC)C([O-])(CCC)CCC.[NH4+]. The maximum atomic E-state index is 12.8. The summed E-state index contributed by atoms with van der Waals surface area (Å²) in [5.41, 5.74) is -0.629. The van der Waals surface area contributed by atoms with E-state index in [2.05, 4.69) is 27.7 Å². The summed E-state index contributed by atoms with van der Waals surface area (Å²) in [6.07, 6.45) is 8.36. The van der Waals surface area contributed by atoms with Gasteiger partial charge in [-0.05, 0) is 0 Å². The highest BCUT2D eigenvalue weighted by atomic mass is 16.3. The highest BCUT2D eigenvalue weighted by Gasteiger charge is 2.24. The van der Waals surface area contributed by atoms with Crippen molar-refractivity contribution in [2.75, 3.05) is 0 Å². The van der Waals surface area contributed by atoms with Gasteiger partial charge in [-0.25, -0.2) is 0 Å². The molecule has 0 unspecified atom stereocenters. The number of quaternary nitrogens is 1. The summed E-state index contributed by atoms with van der Waals surface area (Å²) < 4.78 is 0. The molecule has 0 radical (unpaired) electrons. The topological polar surface area (TPSA) is 59.6 Å². The fraction of sp³-hybridized carbons (Fsp3) is 1.00. The zero-order valence-electron chi connectivity index (χ0n) is 12.1. The minimum Gasteiger partial charge on any atom is -0.849 e. The standard InChI is InChI=1S/C14H29O.H3N/c1-5-9-13(10-6-2)14(15,11-7-3)12-8-4;/h13H,5-12H2,1-4H3;1H3/q-1;/p+1. The highest BCUT2D eigenvalue weighted by molar-refractivity contribution is 4.84. The lowest BCUT2D eigenvalue weighted by Gasteiger charge is -2.48. The fourth-order valence-corrected chi connectivity index (χ4v) is 2.75. The second-order valence-electron chi connectivity index (χ2n) is 4.84. The van der Waals surface area contributed by atoms with Crippen molar-refractivity contribution in [2.45, 2.75) is 84.7 Å². The molecule has 0 fully saturated rings. The van der Waals surface area contributed by atoms with E-state index in [0.29, 0.717) is 5.92 Å². The van der Waals surface area contributed by atoms with Gasteiger partial charge in [0.2, 0.25) is 0 Å². The van der Waals surface area contributed by atoms with Crippen LogP contribution in [0.15, 0.2) is 0 Å². The second-order valence-corrected chi connectivity index (χ2v) is 4.84. The van der Waals surface area contributed by atoms with E-state index in [1.54, 1.807) is 0 Å². The Balaban J connectivity index is 0. The first-order chi connectivity index (χ1) is 7.14. The first-order valence-corrected chi connectivity index (χ1v) is 6.84. The lowest BCUT2D eigenvalue weighted by Crippen LogP contribution is -2.50. The van der Waals surface area contributed by atoms with Crippen molar-refractivity contribution in [1.29, 1.82) is 0 Å². The second kappa shape index (κ2) is 10.1. The number of hydrogen-bond acceptors (Lipinski definition) is 1. The van der Waals surface area contributed by atoms with E-state index in [1.165, 1.54) is 0 Å². The van der Waals surface area contributed by atoms with Gasteiger partial charge in [0.25, 0.3) is 0 Å². The molecule has 4 N–H and O–H groups in total. The molecule has 0 aromatic rings. The zero-order valence-corrected chi connectivity index (χ0v) is 12.1. The molecule has 0 heterocycles. The molecule has 0 aliphatic heterocycles. The predicted octanol–water partition coefficient (Wildman–Crippen LogP) is 4.28. The fourth-order valence-electron chi connectivity index (χ4n) is 2.75. The van der Waals surface area contributed by atoms with Crippen LogP contribution >= 0.6 is 0 Å². The zero-order chi connectivity index (χ0) is 11.7. The lowest BCUT2D eigenvalue weighted by molar-refractivity contribution is -0.497. The van der Waals surface area contributed by atoms with Gasteiger partial charge in [-0.15, -0.1) is 5.60 Å². The molecular weight excluding hydrogens is 198 g/mol. The van der Waals surface area contributed by atoms with E-state index >= 15 is 0 Å². The van der Waals surface area contributed by atoms with Gasteiger partial charge in [-0.3, -0.25) is 0 Å². The monoisotopic (exact) mass is 231 g/mol. The molecule has 0 bridgehead atoms. The maximum Gasteiger partial charge on any atom is -0.0511 e. The summed E-state index contributed by atoms with van der Waals surface area (Å²) >= 11 is 0. The molecule has 0 rings (SSSR count). The average Bonchev–Trinajstić information content (AvgIpc) is 2.18. The molecular formula is C14H33NO. The molecule has 2 nitrogen and oxygen atoms in total. The minimum absolute atomic E-state index is 0. The summed E-state index contributed by atoms with van der Waals surface area (Å²) in [7, 11) is 0. The van der Waals surface area contributed by atoms with Crippen molar-refractivity contribution < 1.29 is 5.11 Å². The predicted molar refractivity (Wildman–Crippen MR) is 71.8 cm³/mol. The van der Waals surface area contributed by atoms with Gasteiger partial charge in [0.05, 0.1) is 0 Å². The van der Waals surface area contributed by atoms with Crippen LogP contribution in [0.25, 0.3) is 0 Å². The van der Waals surface area contributed by atoms with E-state index in [4.69, 9.17) is 0 Å². The summed E-state index contributed by atoms with van der Waals surface area (Å²) in [6.45, 7) is 8.66. The van der Waals surface area contributed by atoms with Crippen molar-refractivity contribution in [2.24, 2.45) is 5.92 Å². The molecule has 100 valence electrons. The van der Waals surface area contributed by atoms with Crippen molar-refractivity contribution in [1.82, 2.24) is 6.15 Å². The molecule has 0 saturated heterocycles. The highest BCUT2D eigenvalue weighted by Crippen LogP contribution is 2.32. The third-order valence-corrected chi connectivity index (χ3v) is 3.36. The Morgan fingerprint density at radius 1 is 0.812 bits per heavy atom. The molecule has 0 atom stereocenters. The Hall–Kier alpha value is -0.0800. The van der Waals surface area contributed by atoms with Crippen LogP contribution in [0.5, 0.6) is 0 Å². The van der Waals surface area contributed by atoms with Crippen molar-refractivity contribution in [3.8, 4) is 0 Å². The van der Waals surface area contributed by atoms with Crippen LogP contribution in [-0.2, 0) is 0 Å². The van der Waals surface area contributed by atoms with E-state index in [9.17, 15) is 5.11 Å². The van der Waals surface area contributed by atoms with E-state index in [0.717, 1.165) is 51.4 Å². The Morgan fingerprint density at radius 3 is 1.44 bits per heavy atom. The number of hydrogen-bond donors (Lipinski definition) is 1. The normalized spacial score (nSPS) is 11.6. The first kappa shape index (κ1) is 18.3. The molecule has 0 saturated carbocycles. The third kappa shape index (κ3) is 5.86. The van der Waals surface area contributed by atoms with Crippen LogP contribution in [0.1, 0.15) is 79.1 Å². The Morgan fingerprint density at radius 2 is 1.19 bits per heavy atom. The van der Waals surface area contributed by atoms with Crippen LogP contribution in [0.3, 0.4) is 0 Å². The minimum atomic E-state index is -0.629. The first-order valence-electron chi connectivity index (χ1n) is 6.84. The molecule has 16 heavy (non-hydrogen) atoms. The maximum absolute atomic E-state index is 12.8. The van der Waals surface area contributed by atoms with Gasteiger partial charge < -0.3 is 11.3 Å². The van der Waals surface area contributed by atoms with Gasteiger partial charge in [-0.1, -0.05) is 85.0 Å². The summed E-state index contributed by atoms with van der Waals surface area (Å²) in [5, 5.41) is 12.8. The van der Waals surface area contributed by atoms with E-state index in [-0.39, 0.29) is 6.15 Å². The molecule has 0 aromatic heterocycles. The largest absolute Gasteiger partial charge is 0.849 e. The van der Waals surface area contributed by atoms with Crippen LogP contribution in [0.4, 0.5) is 0 Å². The molecule has 0 aliphatic rings. The Labute approximate surface area is 102 Å². The summed E-state index contributed by atoms with van der Waals surface area (Å²) in [6, 6.07) is 0. The average molecular weight is 231 g/mol. The van der Waals surface area contributed by atoms with Gasteiger partial charge in [-0.2, -0.15) is 0 Å². The van der Waals surface area contributed by atoms with E-state index < -0.39 is 5.60 Å². The third-order valence-electron chi connectivity index (χ3n) is 3.36. The molecule has 0 spiro atoms. The lowest BCUT2D eigenvalue weighted by atomic mass is 9.76. The van der Waals surface area contributed by atoms with Crippen LogP contribution in [-0.4, -0.2) is 5.60 Å². The van der Waals surface area contributed by atoms with Crippen molar-refractivity contribution in [3.05, 3.63) is 0 Å². The number of rotatable bonds is 9. The Bertz CT molecular complexity index is 136.